The number of fused-ring (bicyclic) bond motifs is 2. The minimum Gasteiger partial charge on any atom is -0.387 e. The molecule has 0 bridgehead atoms. The Labute approximate surface area is 110 Å². The molecule has 2 nitrogen and oxygen atoms in total. The summed E-state index contributed by atoms with van der Waals surface area (Å²) in [5.74, 6) is 0. The summed E-state index contributed by atoms with van der Waals surface area (Å²) in [7, 11) is 2.00. The van der Waals surface area contributed by atoms with E-state index in [0.717, 1.165) is 22.8 Å². The first-order chi connectivity index (χ1) is 8.22. The van der Waals surface area contributed by atoms with E-state index >= 15 is 0 Å². The van der Waals surface area contributed by atoms with Gasteiger partial charge in [-0.25, -0.2) is 0 Å². The van der Waals surface area contributed by atoms with Gasteiger partial charge in [0.2, 0.25) is 0 Å². The summed E-state index contributed by atoms with van der Waals surface area (Å²) in [5, 5.41) is 4.61. The van der Waals surface area contributed by atoms with Crippen LogP contribution in [0.3, 0.4) is 0 Å². The van der Waals surface area contributed by atoms with Crippen LogP contribution in [0.25, 0.3) is 10.9 Å². The molecule has 1 aliphatic rings. The number of nitrogens with one attached hydrogen (secondary N) is 1. The van der Waals surface area contributed by atoms with Gasteiger partial charge in [-0.2, -0.15) is 0 Å². The Morgan fingerprint density at radius 2 is 2.12 bits per heavy atom. The third-order valence-electron chi connectivity index (χ3n) is 3.62. The fraction of sp³-hybridized carbons (Fsp3) is 0.357. The topological polar surface area (TPSA) is 24.9 Å². The standard InChI is InChI=1S/C14H15BrN2/c1-8-11(15)7-6-10-13(8)17-12-5-3-4-9(12)14(10)16-2/h6-7H,3-5H2,1-2H3,(H,16,17). The number of aromatic nitrogens is 1. The van der Waals surface area contributed by atoms with E-state index in [9.17, 15) is 0 Å². The maximum absolute atomic E-state index is 4.85. The lowest BCUT2D eigenvalue weighted by Crippen LogP contribution is -2.00. The molecule has 0 saturated carbocycles. The van der Waals surface area contributed by atoms with Crippen molar-refractivity contribution in [1.82, 2.24) is 4.98 Å². The third-order valence-corrected chi connectivity index (χ3v) is 4.48. The second kappa shape index (κ2) is 3.98. The van der Waals surface area contributed by atoms with Gasteiger partial charge in [-0.05, 0) is 49.4 Å². The Morgan fingerprint density at radius 3 is 2.88 bits per heavy atom. The zero-order valence-electron chi connectivity index (χ0n) is 10.1. The summed E-state index contributed by atoms with van der Waals surface area (Å²) < 4.78 is 1.14. The summed E-state index contributed by atoms with van der Waals surface area (Å²) in [6, 6.07) is 4.27. The molecule has 1 aliphatic carbocycles. The second-order valence-corrected chi connectivity index (χ2v) is 5.44. The number of pyridine rings is 1. The number of rotatable bonds is 1. The molecular formula is C14H15BrN2. The van der Waals surface area contributed by atoms with Crippen LogP contribution in [0.1, 0.15) is 23.2 Å². The van der Waals surface area contributed by atoms with E-state index in [1.165, 1.54) is 34.3 Å². The van der Waals surface area contributed by atoms with Crippen LogP contribution < -0.4 is 5.32 Å². The molecule has 1 aromatic heterocycles. The van der Waals surface area contributed by atoms with Crippen LogP contribution in [0, 0.1) is 6.92 Å². The summed E-state index contributed by atoms with van der Waals surface area (Å²) >= 11 is 3.58. The van der Waals surface area contributed by atoms with Crippen LogP contribution in [0.4, 0.5) is 5.69 Å². The average molecular weight is 291 g/mol. The van der Waals surface area contributed by atoms with E-state index < -0.39 is 0 Å². The van der Waals surface area contributed by atoms with Crippen LogP contribution in [0.5, 0.6) is 0 Å². The monoisotopic (exact) mass is 290 g/mol. The number of hydrogen-bond donors (Lipinski definition) is 1. The fourth-order valence-corrected chi connectivity index (χ4v) is 3.04. The van der Waals surface area contributed by atoms with E-state index in [4.69, 9.17) is 4.98 Å². The van der Waals surface area contributed by atoms with Crippen LogP contribution in [0.2, 0.25) is 0 Å². The van der Waals surface area contributed by atoms with Crippen LogP contribution >= 0.6 is 15.9 Å². The Morgan fingerprint density at radius 1 is 1.29 bits per heavy atom. The quantitative estimate of drug-likeness (QED) is 0.863. The van der Waals surface area contributed by atoms with Gasteiger partial charge in [-0.15, -0.1) is 0 Å². The normalized spacial score (nSPS) is 14.1. The molecular weight excluding hydrogens is 276 g/mol. The smallest absolute Gasteiger partial charge is 0.0766 e. The highest BCUT2D eigenvalue weighted by atomic mass is 79.9. The molecule has 0 unspecified atom stereocenters. The number of halogens is 1. The van der Waals surface area contributed by atoms with Crippen LogP contribution in [-0.2, 0) is 12.8 Å². The van der Waals surface area contributed by atoms with Gasteiger partial charge < -0.3 is 5.32 Å². The number of anilines is 1. The molecule has 1 heterocycles. The maximum atomic E-state index is 4.85. The Kier molecular flexibility index (Phi) is 2.58. The van der Waals surface area contributed by atoms with Gasteiger partial charge in [0.15, 0.2) is 0 Å². The van der Waals surface area contributed by atoms with E-state index in [0.29, 0.717) is 0 Å². The van der Waals surface area contributed by atoms with Crippen LogP contribution in [-0.4, -0.2) is 12.0 Å². The highest BCUT2D eigenvalue weighted by Gasteiger charge is 2.19. The number of hydrogen-bond acceptors (Lipinski definition) is 2. The Balaban J connectivity index is 2.44. The third kappa shape index (κ3) is 1.56. The first-order valence-electron chi connectivity index (χ1n) is 6.00. The molecule has 1 aromatic carbocycles. The van der Waals surface area contributed by atoms with Crippen molar-refractivity contribution < 1.29 is 0 Å². The van der Waals surface area contributed by atoms with E-state index in [1.54, 1.807) is 0 Å². The van der Waals surface area contributed by atoms with Crippen molar-refractivity contribution in [3.8, 4) is 0 Å². The minimum absolute atomic E-state index is 1.12. The second-order valence-electron chi connectivity index (χ2n) is 4.58. The summed E-state index contributed by atoms with van der Waals surface area (Å²) in [6.45, 7) is 2.13. The zero-order chi connectivity index (χ0) is 12.0. The SMILES string of the molecule is CNc1c2c(nc3c(C)c(Br)ccc13)CCC2. The lowest BCUT2D eigenvalue weighted by Gasteiger charge is -2.13. The van der Waals surface area contributed by atoms with Crippen molar-refractivity contribution in [1.29, 1.82) is 0 Å². The van der Waals surface area contributed by atoms with Gasteiger partial charge in [0.1, 0.15) is 0 Å². The highest BCUT2D eigenvalue weighted by Crippen LogP contribution is 2.36. The molecule has 0 aliphatic heterocycles. The first kappa shape index (κ1) is 11.0. The van der Waals surface area contributed by atoms with E-state index in [1.807, 2.05) is 7.05 Å². The van der Waals surface area contributed by atoms with Gasteiger partial charge in [0.25, 0.3) is 0 Å². The van der Waals surface area contributed by atoms with Crippen molar-refractivity contribution in [2.24, 2.45) is 0 Å². The predicted octanol–water partition coefficient (Wildman–Crippen LogP) is 3.84. The summed E-state index contributed by atoms with van der Waals surface area (Å²) in [4.78, 5) is 4.85. The van der Waals surface area contributed by atoms with Crippen molar-refractivity contribution in [3.05, 3.63) is 33.4 Å². The van der Waals surface area contributed by atoms with Gasteiger partial charge >= 0.3 is 0 Å². The average Bonchev–Trinajstić information content (AvgIpc) is 2.79. The Bertz CT molecular complexity index is 605. The molecule has 0 spiro atoms. The zero-order valence-corrected chi connectivity index (χ0v) is 11.7. The van der Waals surface area contributed by atoms with E-state index in [-0.39, 0.29) is 0 Å². The molecule has 3 heteroatoms. The molecule has 1 N–H and O–H groups in total. The van der Waals surface area contributed by atoms with Crippen molar-refractivity contribution >= 4 is 32.5 Å². The minimum atomic E-state index is 1.12. The Hall–Kier alpha value is -1.09. The number of nitrogens with zero attached hydrogens (tertiary/aromatic N) is 1. The molecule has 0 radical (unpaired) electrons. The maximum Gasteiger partial charge on any atom is 0.0766 e. The molecule has 3 rings (SSSR count). The number of benzene rings is 1. The van der Waals surface area contributed by atoms with Crippen LogP contribution in [0.15, 0.2) is 16.6 Å². The molecule has 0 saturated heterocycles. The molecule has 0 atom stereocenters. The highest BCUT2D eigenvalue weighted by molar-refractivity contribution is 9.10. The van der Waals surface area contributed by atoms with Gasteiger partial charge in [-0.1, -0.05) is 15.9 Å². The lowest BCUT2D eigenvalue weighted by atomic mass is 10.0. The molecule has 0 fully saturated rings. The summed E-state index contributed by atoms with van der Waals surface area (Å²) in [5.41, 5.74) is 6.33. The molecule has 2 aromatic rings. The van der Waals surface area contributed by atoms with Crippen molar-refractivity contribution in [2.75, 3.05) is 12.4 Å². The lowest BCUT2D eigenvalue weighted by molar-refractivity contribution is 0.901. The van der Waals surface area contributed by atoms with Crippen molar-refractivity contribution in [2.45, 2.75) is 26.2 Å². The largest absolute Gasteiger partial charge is 0.387 e. The first-order valence-corrected chi connectivity index (χ1v) is 6.80. The van der Waals surface area contributed by atoms with E-state index in [2.05, 4.69) is 40.3 Å². The van der Waals surface area contributed by atoms with Gasteiger partial charge in [-0.3, -0.25) is 4.98 Å². The van der Waals surface area contributed by atoms with Crippen molar-refractivity contribution in [3.63, 3.8) is 0 Å². The molecule has 17 heavy (non-hydrogen) atoms. The molecule has 88 valence electrons. The van der Waals surface area contributed by atoms with Gasteiger partial charge in [0, 0.05) is 28.3 Å². The predicted molar refractivity (Wildman–Crippen MR) is 75.8 cm³/mol. The number of aryl methyl sites for hydroxylation is 2. The molecule has 0 amide bonds. The summed E-state index contributed by atoms with van der Waals surface area (Å²) in [6.07, 6.45) is 3.50. The fourth-order valence-electron chi connectivity index (χ4n) is 2.72. The van der Waals surface area contributed by atoms with Gasteiger partial charge in [0.05, 0.1) is 5.52 Å².